The van der Waals surface area contributed by atoms with Crippen LogP contribution in [0.4, 0.5) is 0 Å². The molecule has 0 atom stereocenters. The van der Waals surface area contributed by atoms with E-state index in [1.807, 2.05) is 0 Å². The molecule has 0 amide bonds. The number of hydrogen-bond acceptors (Lipinski definition) is 5. The number of aromatic amines is 1. The van der Waals surface area contributed by atoms with Gasteiger partial charge >= 0.3 is 0 Å². The zero-order valence-corrected chi connectivity index (χ0v) is 6.25. The van der Waals surface area contributed by atoms with E-state index >= 15 is 0 Å². The molecule has 2 heterocycles. The quantitative estimate of drug-likeness (QED) is 0.352. The fourth-order valence-electron chi connectivity index (χ4n) is 0.963. The summed E-state index contributed by atoms with van der Waals surface area (Å²) in [7, 11) is 0. The number of aromatic nitrogens is 4. The Morgan fingerprint density at radius 1 is 1.54 bits per heavy atom. The van der Waals surface area contributed by atoms with Gasteiger partial charge in [-0.2, -0.15) is 4.73 Å². The van der Waals surface area contributed by atoms with Crippen molar-refractivity contribution in [1.29, 1.82) is 0 Å². The Morgan fingerprint density at radius 3 is 3.15 bits per heavy atom. The fraction of sp³-hybridized carbons (Fsp3) is 0. The van der Waals surface area contributed by atoms with Crippen LogP contribution < -0.4 is 5.49 Å². The van der Waals surface area contributed by atoms with Crippen molar-refractivity contribution < 1.29 is 5.21 Å². The maximum atomic E-state index is 9.90. The van der Waals surface area contributed by atoms with E-state index in [-0.39, 0.29) is 5.49 Å². The summed E-state index contributed by atoms with van der Waals surface area (Å²) in [5.41, 5.74) is 0.676. The van der Waals surface area contributed by atoms with Gasteiger partial charge in [-0.1, -0.05) is 5.10 Å². The van der Waals surface area contributed by atoms with E-state index in [2.05, 4.69) is 25.3 Å². The summed E-state index contributed by atoms with van der Waals surface area (Å²) in [5, 5.41) is 14.7. The van der Waals surface area contributed by atoms with Gasteiger partial charge in [0.05, 0.1) is 11.6 Å². The van der Waals surface area contributed by atoms with E-state index in [1.165, 1.54) is 6.33 Å². The first-order valence-electron chi connectivity index (χ1n) is 3.29. The molecule has 0 aliphatic carbocycles. The second-order valence-electron chi connectivity index (χ2n) is 2.20. The van der Waals surface area contributed by atoms with E-state index < -0.39 is 0 Å². The highest BCUT2D eigenvalue weighted by Gasteiger charge is 2.02. The molecule has 0 aromatic carbocycles. The molecular formula is C5H4N6O2. The van der Waals surface area contributed by atoms with Gasteiger partial charge in [-0.3, -0.25) is 0 Å². The summed E-state index contributed by atoms with van der Waals surface area (Å²) in [4.78, 5) is 20.1. The van der Waals surface area contributed by atoms with Crippen LogP contribution in [-0.4, -0.2) is 24.9 Å². The van der Waals surface area contributed by atoms with Gasteiger partial charge in [-0.15, -0.1) is 4.91 Å². The monoisotopic (exact) mass is 180 g/mol. The van der Waals surface area contributed by atoms with Crippen LogP contribution in [0.25, 0.3) is 11.2 Å². The molecule has 0 bridgehead atoms. The SMILES string of the molecule is O=N/N=c1/c2[nH]cnc2ncn1O. The predicted octanol–water partition coefficient (Wildman–Crippen LogP) is -0.421. The first-order chi connectivity index (χ1) is 6.33. The summed E-state index contributed by atoms with van der Waals surface area (Å²) < 4.78 is 0.585. The molecule has 2 rings (SSSR count). The first-order valence-corrected chi connectivity index (χ1v) is 3.29. The number of imidazole rings is 1. The predicted molar refractivity (Wildman–Crippen MR) is 40.4 cm³/mol. The van der Waals surface area contributed by atoms with Crippen molar-refractivity contribution in [1.82, 2.24) is 19.7 Å². The lowest BCUT2D eigenvalue weighted by Crippen LogP contribution is -2.19. The second-order valence-corrected chi connectivity index (χ2v) is 2.20. The Labute approximate surface area is 70.5 Å². The van der Waals surface area contributed by atoms with E-state index in [0.29, 0.717) is 15.9 Å². The Hall–Kier alpha value is -2.25. The lowest BCUT2D eigenvalue weighted by atomic mass is 10.5. The summed E-state index contributed by atoms with van der Waals surface area (Å²) in [6, 6.07) is 0. The smallest absolute Gasteiger partial charge is 0.222 e. The summed E-state index contributed by atoms with van der Waals surface area (Å²) in [6.45, 7) is 0. The zero-order chi connectivity index (χ0) is 9.26. The molecule has 0 aliphatic rings. The topological polar surface area (TPSA) is 109 Å². The van der Waals surface area contributed by atoms with Crippen LogP contribution in [0.3, 0.4) is 0 Å². The standard InChI is InChI=1S/C5H4N6O2/c12-10-9-5-3-4(7-1-6-3)8-2-11(5)13/h1-2,13H,(H,6,7)/b9-5-. The molecule has 0 saturated carbocycles. The van der Waals surface area contributed by atoms with E-state index in [9.17, 15) is 10.1 Å². The minimum absolute atomic E-state index is 0.0301. The van der Waals surface area contributed by atoms with Gasteiger partial charge in [0.25, 0.3) is 0 Å². The largest absolute Gasteiger partial charge is 0.425 e. The average Bonchev–Trinajstić information content (AvgIpc) is 2.58. The molecule has 0 aliphatic heterocycles. The fourth-order valence-corrected chi connectivity index (χ4v) is 0.963. The molecule has 2 aromatic heterocycles. The van der Waals surface area contributed by atoms with E-state index in [1.54, 1.807) is 0 Å². The van der Waals surface area contributed by atoms with Crippen molar-refractivity contribution in [2.45, 2.75) is 0 Å². The highest BCUT2D eigenvalue weighted by molar-refractivity contribution is 5.67. The van der Waals surface area contributed by atoms with Gasteiger partial charge in [-0.05, 0) is 0 Å². The molecule has 8 heteroatoms. The number of H-pyrrole nitrogens is 1. The molecule has 0 spiro atoms. The second kappa shape index (κ2) is 2.66. The molecule has 0 fully saturated rings. The Morgan fingerprint density at radius 2 is 2.38 bits per heavy atom. The van der Waals surface area contributed by atoms with Crippen molar-refractivity contribution in [2.24, 2.45) is 10.4 Å². The van der Waals surface area contributed by atoms with Gasteiger partial charge < -0.3 is 10.2 Å². The van der Waals surface area contributed by atoms with Crippen LogP contribution in [0.5, 0.6) is 0 Å². The van der Waals surface area contributed by atoms with Gasteiger partial charge in [0, 0.05) is 0 Å². The van der Waals surface area contributed by atoms with E-state index in [0.717, 1.165) is 6.33 Å². The molecule has 2 aromatic rings. The Bertz CT molecular complexity index is 511. The highest BCUT2D eigenvalue weighted by atomic mass is 16.5. The van der Waals surface area contributed by atoms with Gasteiger partial charge in [0.1, 0.15) is 11.8 Å². The third kappa shape index (κ3) is 1.04. The minimum Gasteiger partial charge on any atom is -0.425 e. The van der Waals surface area contributed by atoms with Crippen LogP contribution >= 0.6 is 0 Å². The normalized spacial score (nSPS) is 12.2. The molecule has 0 unspecified atom stereocenters. The van der Waals surface area contributed by atoms with Crippen LogP contribution in [0.2, 0.25) is 0 Å². The molecule has 2 N–H and O–H groups in total. The van der Waals surface area contributed by atoms with Crippen LogP contribution in [0.15, 0.2) is 23.0 Å². The molecular weight excluding hydrogens is 176 g/mol. The first kappa shape index (κ1) is 7.40. The number of rotatable bonds is 1. The van der Waals surface area contributed by atoms with Crippen molar-refractivity contribution in [2.75, 3.05) is 0 Å². The van der Waals surface area contributed by atoms with Crippen molar-refractivity contribution in [3.8, 4) is 0 Å². The molecule has 0 radical (unpaired) electrons. The zero-order valence-electron chi connectivity index (χ0n) is 6.25. The van der Waals surface area contributed by atoms with Crippen LogP contribution in [0, 0.1) is 4.91 Å². The lowest BCUT2D eigenvalue weighted by molar-refractivity contribution is 0.169. The average molecular weight is 180 g/mol. The molecule has 66 valence electrons. The summed E-state index contributed by atoms with van der Waals surface area (Å²) in [5.74, 6) is 0. The Balaban J connectivity index is 2.97. The minimum atomic E-state index is -0.0301. The van der Waals surface area contributed by atoms with Crippen LogP contribution in [0.1, 0.15) is 0 Å². The summed E-state index contributed by atoms with van der Waals surface area (Å²) >= 11 is 0. The number of nitrogens with zero attached hydrogens (tertiary/aromatic N) is 5. The number of nitroso groups, excluding NO2 is 1. The highest BCUT2D eigenvalue weighted by Crippen LogP contribution is 1.96. The number of hydrogen-bond donors (Lipinski definition) is 2. The summed E-state index contributed by atoms with van der Waals surface area (Å²) in [6.07, 6.45) is 2.45. The van der Waals surface area contributed by atoms with Crippen LogP contribution in [-0.2, 0) is 0 Å². The van der Waals surface area contributed by atoms with Gasteiger partial charge in [-0.25, -0.2) is 9.97 Å². The molecule has 8 nitrogen and oxygen atoms in total. The third-order valence-corrected chi connectivity index (χ3v) is 1.48. The van der Waals surface area contributed by atoms with Crippen molar-refractivity contribution in [3.05, 3.63) is 23.0 Å². The molecule has 0 saturated heterocycles. The lowest BCUT2D eigenvalue weighted by Gasteiger charge is -1.94. The maximum absolute atomic E-state index is 9.90. The van der Waals surface area contributed by atoms with Crippen molar-refractivity contribution in [3.63, 3.8) is 0 Å². The van der Waals surface area contributed by atoms with E-state index in [4.69, 9.17) is 0 Å². The number of fused-ring (bicyclic) bond motifs is 1. The third-order valence-electron chi connectivity index (χ3n) is 1.48. The van der Waals surface area contributed by atoms with Gasteiger partial charge in [0.15, 0.2) is 5.65 Å². The Kier molecular flexibility index (Phi) is 1.51. The number of nitrogens with one attached hydrogen (secondary N) is 1. The van der Waals surface area contributed by atoms with Gasteiger partial charge in [0.2, 0.25) is 5.49 Å². The molecule has 13 heavy (non-hydrogen) atoms. The van der Waals surface area contributed by atoms with Crippen molar-refractivity contribution >= 4 is 11.2 Å². The maximum Gasteiger partial charge on any atom is 0.222 e.